The number of para-hydroxylation sites is 3. The minimum absolute atomic E-state index is 0.359. The predicted octanol–water partition coefficient (Wildman–Crippen LogP) is 2.69. The molecule has 4 nitrogen and oxygen atoms in total. The van der Waals surface area contributed by atoms with Gasteiger partial charge in [-0.15, -0.1) is 0 Å². The Morgan fingerprint density at radius 1 is 0.739 bits per heavy atom. The van der Waals surface area contributed by atoms with Gasteiger partial charge in [0, 0.05) is 11.5 Å². The largest absolute Gasteiger partial charge is 0.506 e. The van der Waals surface area contributed by atoms with Crippen molar-refractivity contribution in [1.82, 2.24) is 0 Å². The smallest absolute Gasteiger partial charge is 0.274 e. The highest BCUT2D eigenvalue weighted by Crippen LogP contribution is 2.27. The summed E-state index contributed by atoms with van der Waals surface area (Å²) in [6.45, 7) is 3.67. The van der Waals surface area contributed by atoms with Crippen molar-refractivity contribution in [1.29, 1.82) is 0 Å². The zero-order valence-electron chi connectivity index (χ0n) is 12.9. The van der Waals surface area contributed by atoms with E-state index in [0.717, 1.165) is 43.2 Å². The molecule has 0 atom stereocenters. The summed E-state index contributed by atoms with van der Waals surface area (Å²) in [4.78, 5) is 8.13. The molecule has 2 heterocycles. The lowest BCUT2D eigenvalue weighted by Gasteiger charge is -2.32. The van der Waals surface area contributed by atoms with Crippen LogP contribution in [-0.4, -0.2) is 31.3 Å². The number of fused-ring (bicyclic) bond motifs is 1. The van der Waals surface area contributed by atoms with Crippen molar-refractivity contribution in [2.24, 2.45) is 0 Å². The number of hydrogen-bond donors (Lipinski definition) is 1. The van der Waals surface area contributed by atoms with Crippen LogP contribution in [-0.2, 0) is 0 Å². The summed E-state index contributed by atoms with van der Waals surface area (Å²) in [6, 6.07) is 20.2. The van der Waals surface area contributed by atoms with E-state index in [1.807, 2.05) is 18.2 Å². The van der Waals surface area contributed by atoms with E-state index in [0.29, 0.717) is 5.75 Å². The molecule has 1 aromatic heterocycles. The highest BCUT2D eigenvalue weighted by atomic mass is 16.3. The van der Waals surface area contributed by atoms with Gasteiger partial charge in [0.15, 0.2) is 0 Å². The molecule has 4 rings (SSSR count). The fourth-order valence-corrected chi connectivity index (χ4v) is 3.21. The van der Waals surface area contributed by atoms with Crippen molar-refractivity contribution in [3.8, 4) is 5.75 Å². The minimum atomic E-state index is 0.359. The van der Waals surface area contributed by atoms with Crippen LogP contribution < -0.4 is 14.8 Å². The SMILES string of the molecule is Oc1ccccc1N1CCN(c2ccc3ccccc3[nH+]2)CC1. The topological polar surface area (TPSA) is 40.9 Å². The van der Waals surface area contributed by atoms with Gasteiger partial charge in [0.25, 0.3) is 5.82 Å². The van der Waals surface area contributed by atoms with Crippen LogP contribution in [0.4, 0.5) is 11.5 Å². The molecule has 0 spiro atoms. The molecular formula is C19H20N3O+. The van der Waals surface area contributed by atoms with Gasteiger partial charge in [0.1, 0.15) is 24.4 Å². The third-order valence-corrected chi connectivity index (χ3v) is 4.49. The van der Waals surface area contributed by atoms with E-state index in [1.165, 1.54) is 5.39 Å². The minimum Gasteiger partial charge on any atom is -0.506 e. The first-order valence-corrected chi connectivity index (χ1v) is 8.00. The second kappa shape index (κ2) is 5.80. The number of aromatic amines is 1. The average molecular weight is 306 g/mol. The van der Waals surface area contributed by atoms with Gasteiger partial charge in [0.05, 0.1) is 18.8 Å². The molecule has 0 saturated carbocycles. The molecule has 116 valence electrons. The van der Waals surface area contributed by atoms with E-state index in [1.54, 1.807) is 6.07 Å². The second-order valence-electron chi connectivity index (χ2n) is 5.89. The van der Waals surface area contributed by atoms with Crippen LogP contribution in [0.1, 0.15) is 0 Å². The number of benzene rings is 2. The number of rotatable bonds is 2. The first kappa shape index (κ1) is 13.9. The molecule has 2 N–H and O–H groups in total. The van der Waals surface area contributed by atoms with E-state index in [2.05, 4.69) is 51.2 Å². The third kappa shape index (κ3) is 2.68. The summed E-state index contributed by atoms with van der Waals surface area (Å²) < 4.78 is 0. The quantitative estimate of drug-likeness (QED) is 0.791. The summed E-state index contributed by atoms with van der Waals surface area (Å²) in [7, 11) is 0. The van der Waals surface area contributed by atoms with E-state index in [4.69, 9.17) is 0 Å². The molecule has 1 aliphatic heterocycles. The van der Waals surface area contributed by atoms with Gasteiger partial charge in [-0.2, -0.15) is 0 Å². The normalized spacial score (nSPS) is 15.1. The van der Waals surface area contributed by atoms with Crippen LogP contribution in [0.5, 0.6) is 5.75 Å². The van der Waals surface area contributed by atoms with Crippen LogP contribution in [0.3, 0.4) is 0 Å². The van der Waals surface area contributed by atoms with Gasteiger partial charge in [-0.1, -0.05) is 30.3 Å². The first-order valence-electron chi connectivity index (χ1n) is 8.00. The molecule has 0 aliphatic carbocycles. The number of hydrogen-bond acceptors (Lipinski definition) is 3. The zero-order valence-corrected chi connectivity index (χ0v) is 12.9. The Morgan fingerprint density at radius 2 is 1.43 bits per heavy atom. The second-order valence-corrected chi connectivity index (χ2v) is 5.89. The fourth-order valence-electron chi connectivity index (χ4n) is 3.21. The molecule has 0 amide bonds. The Balaban J connectivity index is 1.51. The van der Waals surface area contributed by atoms with E-state index in [9.17, 15) is 5.11 Å². The summed E-state index contributed by atoms with van der Waals surface area (Å²) in [6.07, 6.45) is 0. The third-order valence-electron chi connectivity index (χ3n) is 4.49. The number of aromatic nitrogens is 1. The summed E-state index contributed by atoms with van der Waals surface area (Å²) in [5.74, 6) is 1.51. The molecule has 1 fully saturated rings. The van der Waals surface area contributed by atoms with Gasteiger partial charge < -0.3 is 10.0 Å². The Morgan fingerprint density at radius 3 is 2.26 bits per heavy atom. The predicted molar refractivity (Wildman–Crippen MR) is 93.0 cm³/mol. The van der Waals surface area contributed by atoms with Gasteiger partial charge in [0.2, 0.25) is 0 Å². The average Bonchev–Trinajstić information content (AvgIpc) is 2.62. The van der Waals surface area contributed by atoms with Gasteiger partial charge in [-0.3, -0.25) is 4.90 Å². The van der Waals surface area contributed by atoms with Gasteiger partial charge >= 0.3 is 0 Å². The summed E-state index contributed by atoms with van der Waals surface area (Å²) >= 11 is 0. The molecule has 0 unspecified atom stereocenters. The van der Waals surface area contributed by atoms with Crippen LogP contribution in [0.15, 0.2) is 60.7 Å². The molecular weight excluding hydrogens is 286 g/mol. The van der Waals surface area contributed by atoms with Crippen LogP contribution in [0, 0.1) is 0 Å². The molecule has 3 aromatic rings. The van der Waals surface area contributed by atoms with E-state index in [-0.39, 0.29) is 0 Å². The lowest BCUT2D eigenvalue weighted by Crippen LogP contribution is -2.48. The number of phenolic OH excluding ortho intramolecular Hbond substituents is 1. The molecule has 0 bridgehead atoms. The van der Waals surface area contributed by atoms with Crippen LogP contribution >= 0.6 is 0 Å². The Bertz CT molecular complexity index is 825. The highest BCUT2D eigenvalue weighted by Gasteiger charge is 2.24. The Kier molecular flexibility index (Phi) is 3.50. The van der Waals surface area contributed by atoms with Crippen molar-refractivity contribution in [3.63, 3.8) is 0 Å². The fraction of sp³-hybridized carbons (Fsp3) is 0.211. The monoisotopic (exact) mass is 306 g/mol. The molecule has 0 radical (unpaired) electrons. The number of piperazine rings is 1. The lowest BCUT2D eigenvalue weighted by atomic mass is 10.2. The highest BCUT2D eigenvalue weighted by molar-refractivity contribution is 5.76. The molecule has 23 heavy (non-hydrogen) atoms. The lowest BCUT2D eigenvalue weighted by molar-refractivity contribution is -0.330. The number of pyridine rings is 1. The van der Waals surface area contributed by atoms with E-state index < -0.39 is 0 Å². The Labute approximate surface area is 135 Å². The van der Waals surface area contributed by atoms with Crippen LogP contribution in [0.25, 0.3) is 10.9 Å². The van der Waals surface area contributed by atoms with E-state index >= 15 is 0 Å². The summed E-state index contributed by atoms with van der Waals surface area (Å²) in [5, 5.41) is 11.2. The maximum atomic E-state index is 10.0. The van der Waals surface area contributed by atoms with Crippen molar-refractivity contribution in [3.05, 3.63) is 60.7 Å². The molecule has 1 saturated heterocycles. The number of nitrogens with zero attached hydrogens (tertiary/aromatic N) is 2. The maximum Gasteiger partial charge on any atom is 0.274 e. The standard InChI is InChI=1S/C19H19N3O/c23-18-8-4-3-7-17(18)21-11-13-22(14-12-21)19-10-9-15-5-1-2-6-16(15)20-19/h1-10,23H,11-14H2/p+1. The zero-order chi connectivity index (χ0) is 15.6. The molecule has 4 heteroatoms. The summed E-state index contributed by atoms with van der Waals surface area (Å²) in [5.41, 5.74) is 2.09. The van der Waals surface area contributed by atoms with Crippen molar-refractivity contribution >= 4 is 22.4 Å². The molecule has 2 aromatic carbocycles. The number of aromatic hydroxyl groups is 1. The van der Waals surface area contributed by atoms with Crippen molar-refractivity contribution < 1.29 is 10.1 Å². The van der Waals surface area contributed by atoms with Gasteiger partial charge in [-0.25, -0.2) is 4.98 Å². The number of H-pyrrole nitrogens is 1. The Hall–Kier alpha value is -2.75. The first-order chi connectivity index (χ1) is 11.3. The van der Waals surface area contributed by atoms with Crippen molar-refractivity contribution in [2.45, 2.75) is 0 Å². The van der Waals surface area contributed by atoms with Gasteiger partial charge in [-0.05, 0) is 24.3 Å². The number of phenols is 1. The maximum absolute atomic E-state index is 10.0. The van der Waals surface area contributed by atoms with Crippen LogP contribution in [0.2, 0.25) is 0 Å². The molecule has 1 aliphatic rings. The number of anilines is 2. The van der Waals surface area contributed by atoms with Crippen molar-refractivity contribution in [2.75, 3.05) is 36.0 Å². The number of nitrogens with one attached hydrogen (secondary N) is 1.